The second-order valence-corrected chi connectivity index (χ2v) is 1.57. The van der Waals surface area contributed by atoms with Crippen molar-refractivity contribution in [2.24, 2.45) is 0 Å². The second-order valence-electron chi connectivity index (χ2n) is 1.57. The third-order valence-electron chi connectivity index (χ3n) is 0.805. The number of aliphatic hydroxyl groups is 2. The molecule has 0 heterocycles. The number of hydrogen-bond donors (Lipinski definition) is 4. The summed E-state index contributed by atoms with van der Waals surface area (Å²) in [6, 6.07) is 0. The minimum absolute atomic E-state index is 0. The molecule has 0 aliphatic heterocycles. The molecule has 0 saturated carbocycles. The van der Waals surface area contributed by atoms with Crippen molar-refractivity contribution >= 4 is 11.9 Å². The first kappa shape index (κ1) is 29.5. The Kier molecular flexibility index (Phi) is 30.4. The van der Waals surface area contributed by atoms with E-state index >= 15 is 0 Å². The van der Waals surface area contributed by atoms with Gasteiger partial charge in [0.2, 0.25) is 0 Å². The molecule has 2 unspecified atom stereocenters. The maximum atomic E-state index is 9.77. The van der Waals surface area contributed by atoms with E-state index in [0.717, 1.165) is 0 Å². The molecule has 0 fully saturated rings. The first-order chi connectivity index (χ1) is 4.46. The summed E-state index contributed by atoms with van der Waals surface area (Å²) in [5.41, 5.74) is 0. The zero-order valence-corrected chi connectivity index (χ0v) is 12.8. The maximum absolute atomic E-state index is 9.77. The van der Waals surface area contributed by atoms with Crippen LogP contribution in [0, 0.1) is 0 Å². The van der Waals surface area contributed by atoms with Gasteiger partial charge < -0.3 is 31.4 Å². The monoisotopic (exact) mass is 246 g/mol. The van der Waals surface area contributed by atoms with Crippen LogP contribution in [0.5, 0.6) is 0 Å². The van der Waals surface area contributed by atoms with Crippen molar-refractivity contribution in [1.29, 1.82) is 0 Å². The van der Waals surface area contributed by atoms with Gasteiger partial charge in [-0.2, -0.15) is 0 Å². The van der Waals surface area contributed by atoms with E-state index in [9.17, 15) is 9.59 Å². The fourth-order valence-electron chi connectivity index (χ4n) is 0.270. The quantitative estimate of drug-likeness (QED) is 0.355. The molecule has 0 spiro atoms. The topological polar surface area (TPSA) is 175 Å². The summed E-state index contributed by atoms with van der Waals surface area (Å²) in [6.07, 6.45) is -4.53. The average molecular weight is 246 g/mol. The first-order valence-electron chi connectivity index (χ1n) is 2.28. The Labute approximate surface area is 144 Å². The Morgan fingerprint density at radius 1 is 0.857 bits per heavy atom. The predicted molar refractivity (Wildman–Crippen MR) is 31.2 cm³/mol. The van der Waals surface area contributed by atoms with Crippen LogP contribution in [0.15, 0.2) is 0 Å². The van der Waals surface area contributed by atoms with Crippen LogP contribution in [-0.4, -0.2) is 55.5 Å². The third kappa shape index (κ3) is 11.5. The second kappa shape index (κ2) is 14.4. The summed E-state index contributed by atoms with van der Waals surface area (Å²) in [5, 5.41) is 32.5. The molecule has 14 heavy (non-hydrogen) atoms. The van der Waals surface area contributed by atoms with Crippen molar-refractivity contribution in [1.82, 2.24) is 0 Å². The molecule has 0 aliphatic rings. The van der Waals surface area contributed by atoms with Gasteiger partial charge in [0, 0.05) is 0 Å². The zero-order chi connectivity index (χ0) is 8.31. The molecule has 10 heteroatoms. The van der Waals surface area contributed by atoms with Gasteiger partial charge in [-0.25, -0.2) is 9.59 Å². The Morgan fingerprint density at radius 2 is 1.00 bits per heavy atom. The molecule has 0 radical (unpaired) electrons. The first-order valence-corrected chi connectivity index (χ1v) is 2.28. The van der Waals surface area contributed by atoms with Gasteiger partial charge in [-0.15, -0.1) is 0 Å². The number of carbonyl (C=O) groups is 2. The molecule has 0 aromatic carbocycles. The largest absolute Gasteiger partial charge is 1.00 e. The summed E-state index contributed by atoms with van der Waals surface area (Å²) in [6.45, 7) is 0. The van der Waals surface area contributed by atoms with Crippen molar-refractivity contribution < 1.29 is 122 Å². The van der Waals surface area contributed by atoms with E-state index < -0.39 is 24.1 Å². The average Bonchev–Trinajstić information content (AvgIpc) is 1.84. The summed E-state index contributed by atoms with van der Waals surface area (Å²) in [5.74, 6) is -3.54. The van der Waals surface area contributed by atoms with Gasteiger partial charge in [0.25, 0.3) is 0 Å². The molecule has 0 saturated heterocycles. The zero-order valence-electron chi connectivity index (χ0n) is 7.65. The van der Waals surface area contributed by atoms with Gasteiger partial charge in [-0.05, 0) is 0 Å². The molecule has 0 aromatic heterocycles. The molecule has 0 rings (SSSR count). The van der Waals surface area contributed by atoms with Gasteiger partial charge in [-0.3, -0.25) is 0 Å². The molecule has 0 bridgehead atoms. The molecule has 0 aliphatic carbocycles. The van der Waals surface area contributed by atoms with E-state index in [1.54, 1.807) is 0 Å². The van der Waals surface area contributed by atoms with Crippen LogP contribution in [0.1, 0.15) is 0 Å². The smallest absolute Gasteiger partial charge is 0.870 e. The van der Waals surface area contributed by atoms with Crippen LogP contribution in [0.3, 0.4) is 0 Å². The van der Waals surface area contributed by atoms with Crippen LogP contribution < -0.4 is 80.9 Å². The Balaban J connectivity index is -0.0000000675. The molecule has 0 amide bonds. The molecular formula is C4H8KNaO8. The molecule has 0 aromatic rings. The van der Waals surface area contributed by atoms with Crippen LogP contribution in [-0.2, 0) is 9.59 Å². The minimum Gasteiger partial charge on any atom is -0.870 e. The summed E-state index contributed by atoms with van der Waals surface area (Å²) in [7, 11) is 0. The fraction of sp³-hybridized carbons (Fsp3) is 0.500. The van der Waals surface area contributed by atoms with E-state index in [4.69, 9.17) is 20.4 Å². The number of hydrogen-bond acceptors (Lipinski definition) is 6. The third-order valence-corrected chi connectivity index (χ3v) is 0.805. The minimum atomic E-state index is -2.27. The van der Waals surface area contributed by atoms with Gasteiger partial charge in [0.1, 0.15) is 0 Å². The van der Waals surface area contributed by atoms with Gasteiger partial charge in [0.05, 0.1) is 0 Å². The Hall–Kier alpha value is 1.42. The van der Waals surface area contributed by atoms with Crippen LogP contribution in [0.2, 0.25) is 0 Å². The summed E-state index contributed by atoms with van der Waals surface area (Å²) < 4.78 is 0. The van der Waals surface area contributed by atoms with Crippen molar-refractivity contribution in [3.63, 3.8) is 0 Å². The predicted octanol–water partition coefficient (Wildman–Crippen LogP) is -8.47. The number of carboxylic acid groups (broad SMARTS) is 2. The van der Waals surface area contributed by atoms with Crippen molar-refractivity contribution in [2.45, 2.75) is 12.2 Å². The Morgan fingerprint density at radius 3 is 1.07 bits per heavy atom. The van der Waals surface area contributed by atoms with E-state index in [-0.39, 0.29) is 91.9 Å². The molecule has 2 atom stereocenters. The van der Waals surface area contributed by atoms with E-state index in [1.165, 1.54) is 0 Å². The molecular weight excluding hydrogens is 238 g/mol. The number of rotatable bonds is 3. The van der Waals surface area contributed by atoms with Crippen molar-refractivity contribution in [3.05, 3.63) is 0 Å². The number of carboxylic acids is 2. The normalized spacial score (nSPS) is 11.3. The van der Waals surface area contributed by atoms with Gasteiger partial charge in [-0.1, -0.05) is 0 Å². The van der Waals surface area contributed by atoms with Gasteiger partial charge >= 0.3 is 92.9 Å². The number of aliphatic carboxylic acids is 2. The maximum Gasteiger partial charge on any atom is 1.00 e. The Bertz CT molecular complexity index is 145. The summed E-state index contributed by atoms with van der Waals surface area (Å²) in [4.78, 5) is 19.5. The molecule has 74 valence electrons. The van der Waals surface area contributed by atoms with Crippen molar-refractivity contribution in [3.8, 4) is 0 Å². The molecule has 8 nitrogen and oxygen atoms in total. The van der Waals surface area contributed by atoms with Crippen LogP contribution in [0.4, 0.5) is 0 Å². The molecule has 6 N–H and O–H groups in total. The van der Waals surface area contributed by atoms with E-state index in [0.29, 0.717) is 0 Å². The van der Waals surface area contributed by atoms with Crippen LogP contribution >= 0.6 is 0 Å². The van der Waals surface area contributed by atoms with Crippen LogP contribution in [0.25, 0.3) is 0 Å². The number of aliphatic hydroxyl groups excluding tert-OH is 2. The van der Waals surface area contributed by atoms with Crippen molar-refractivity contribution in [2.75, 3.05) is 0 Å². The summed E-state index contributed by atoms with van der Waals surface area (Å²) >= 11 is 0. The SMILES string of the molecule is O=C(O)C(O)C(O)C(=O)O.[K+].[Na+].[OH-].[OH-]. The van der Waals surface area contributed by atoms with Gasteiger partial charge in [0.15, 0.2) is 12.2 Å². The fourth-order valence-corrected chi connectivity index (χ4v) is 0.270. The van der Waals surface area contributed by atoms with E-state index in [1.807, 2.05) is 0 Å². The standard InChI is InChI=1S/C4H6O6.K.Na.2H2O/c5-1(3(7)8)2(6)4(9)10;;;;/h1-2,5-6H,(H,7,8)(H,9,10);;;2*1H2/q;2*+1;;/p-2. The van der Waals surface area contributed by atoms with E-state index in [2.05, 4.69) is 0 Å².